The minimum atomic E-state index is -0.173. The highest BCUT2D eigenvalue weighted by atomic mass is 16.5. The molecule has 1 unspecified atom stereocenters. The van der Waals surface area contributed by atoms with Crippen LogP contribution in [0, 0.1) is 0 Å². The zero-order valence-corrected chi connectivity index (χ0v) is 25.9. The van der Waals surface area contributed by atoms with Crippen LogP contribution in [0.15, 0.2) is 64.3 Å². The summed E-state index contributed by atoms with van der Waals surface area (Å²) in [6, 6.07) is 13.9. The van der Waals surface area contributed by atoms with Crippen molar-refractivity contribution >= 4 is 11.7 Å². The van der Waals surface area contributed by atoms with Gasteiger partial charge in [0.2, 0.25) is 0 Å². The highest BCUT2D eigenvalue weighted by Crippen LogP contribution is 2.38. The first kappa shape index (κ1) is 29.5. The van der Waals surface area contributed by atoms with Crippen LogP contribution in [-0.4, -0.2) is 17.8 Å². The van der Waals surface area contributed by atoms with Crippen molar-refractivity contribution in [1.82, 2.24) is 0 Å². The molecule has 3 aliphatic rings. The second-order valence-corrected chi connectivity index (χ2v) is 12.6. The Morgan fingerprint density at radius 1 is 0.927 bits per heavy atom. The van der Waals surface area contributed by atoms with E-state index < -0.39 is 0 Å². The Morgan fingerprint density at radius 3 is 2.59 bits per heavy atom. The quantitative estimate of drug-likeness (QED) is 0.276. The van der Waals surface area contributed by atoms with E-state index in [0.29, 0.717) is 5.92 Å². The summed E-state index contributed by atoms with van der Waals surface area (Å²) < 4.78 is 5.64. The Hall–Kier alpha value is -2.94. The summed E-state index contributed by atoms with van der Waals surface area (Å²) in [5.41, 5.74) is 14.7. The molecule has 0 spiro atoms. The fraction of sp³-hybridized carbons (Fsp3) is 0.526. The molecule has 5 rings (SSSR count). The van der Waals surface area contributed by atoms with Gasteiger partial charge >= 0.3 is 5.97 Å². The Morgan fingerprint density at radius 2 is 1.76 bits per heavy atom. The van der Waals surface area contributed by atoms with E-state index in [0.717, 1.165) is 51.4 Å². The lowest BCUT2D eigenvalue weighted by Gasteiger charge is -2.20. The van der Waals surface area contributed by atoms with Crippen molar-refractivity contribution in [2.75, 3.05) is 0 Å². The molecule has 0 saturated heterocycles. The molecule has 0 radical (unpaired) electrons. The normalized spacial score (nSPS) is 21.8. The van der Waals surface area contributed by atoms with Crippen molar-refractivity contribution in [3.63, 3.8) is 0 Å². The molecular formula is C38H49NO2. The van der Waals surface area contributed by atoms with Gasteiger partial charge in [0.25, 0.3) is 0 Å². The summed E-state index contributed by atoms with van der Waals surface area (Å²) in [7, 11) is 0. The molecule has 0 fully saturated rings. The summed E-state index contributed by atoms with van der Waals surface area (Å²) in [5.74, 6) is 0.146. The number of ether oxygens (including phenoxy) is 1. The van der Waals surface area contributed by atoms with E-state index in [1.807, 2.05) is 0 Å². The van der Waals surface area contributed by atoms with Crippen LogP contribution in [0.25, 0.3) is 0 Å². The minimum absolute atomic E-state index is 0.00752. The van der Waals surface area contributed by atoms with Gasteiger partial charge in [0, 0.05) is 31.2 Å². The van der Waals surface area contributed by atoms with E-state index in [2.05, 4.69) is 63.4 Å². The lowest BCUT2D eigenvalue weighted by molar-refractivity contribution is -0.146. The van der Waals surface area contributed by atoms with Crippen LogP contribution in [0.2, 0.25) is 0 Å². The van der Waals surface area contributed by atoms with Gasteiger partial charge in [-0.2, -0.15) is 0 Å². The highest BCUT2D eigenvalue weighted by Gasteiger charge is 2.33. The molecule has 218 valence electrons. The van der Waals surface area contributed by atoms with Crippen molar-refractivity contribution in [2.45, 2.75) is 130 Å². The molecule has 2 aromatic rings. The third kappa shape index (κ3) is 7.29. The molecule has 1 heterocycles. The van der Waals surface area contributed by atoms with Gasteiger partial charge in [-0.1, -0.05) is 48.9 Å². The molecule has 0 aromatic heterocycles. The molecule has 0 saturated carbocycles. The average molecular weight is 552 g/mol. The van der Waals surface area contributed by atoms with Crippen LogP contribution < -0.4 is 0 Å². The Kier molecular flexibility index (Phi) is 9.96. The second kappa shape index (κ2) is 13.8. The zero-order valence-electron chi connectivity index (χ0n) is 25.9. The maximum absolute atomic E-state index is 11.6. The van der Waals surface area contributed by atoms with Gasteiger partial charge in [0.1, 0.15) is 6.10 Å². The molecule has 3 nitrogen and oxygen atoms in total. The number of hydrogen-bond donors (Lipinski definition) is 0. The third-order valence-corrected chi connectivity index (χ3v) is 9.75. The lowest BCUT2D eigenvalue weighted by atomic mass is 9.86. The molecule has 2 atom stereocenters. The van der Waals surface area contributed by atoms with Gasteiger partial charge < -0.3 is 4.74 Å². The van der Waals surface area contributed by atoms with E-state index in [4.69, 9.17) is 9.73 Å². The Bertz CT molecular complexity index is 1340. The van der Waals surface area contributed by atoms with Crippen LogP contribution in [0.1, 0.15) is 125 Å². The molecule has 1 aliphatic heterocycles. The fourth-order valence-electron chi connectivity index (χ4n) is 7.51. The van der Waals surface area contributed by atoms with Crippen molar-refractivity contribution < 1.29 is 9.53 Å². The number of benzene rings is 2. The summed E-state index contributed by atoms with van der Waals surface area (Å²) >= 11 is 0. The SMILES string of the molecule is CC[C@H]1c2cc(CCCC3=N/C=C(/C)C(CCCc4cccc5c4CCCC5)=C(C)CC3)ccc2CC1OC(C)=O. The van der Waals surface area contributed by atoms with Crippen LogP contribution in [0.3, 0.4) is 0 Å². The van der Waals surface area contributed by atoms with E-state index in [-0.39, 0.29) is 12.1 Å². The van der Waals surface area contributed by atoms with Crippen molar-refractivity contribution in [1.29, 1.82) is 0 Å². The third-order valence-electron chi connectivity index (χ3n) is 9.75. The van der Waals surface area contributed by atoms with Crippen molar-refractivity contribution in [2.24, 2.45) is 4.99 Å². The Balaban J connectivity index is 1.14. The molecule has 2 aliphatic carbocycles. The largest absolute Gasteiger partial charge is 0.462 e. The summed E-state index contributed by atoms with van der Waals surface area (Å²) in [6.07, 6.45) is 18.2. The standard InChI is InChI=1S/C38H49NO2/c1-5-34-37-23-29(20-21-32(37)24-38(34)41-28(4)40)11-8-16-33-22-19-26(2)35(27(3)25-39-33)18-10-15-31-14-9-13-30-12-6-7-17-36(30)31/h9,13-14,20-21,23,25,34,38H,5-8,10-12,15-19,22,24H2,1-4H3/b27-25-,35-26?,39-33?/t34-,38?/m0/s1. The van der Waals surface area contributed by atoms with Crippen molar-refractivity contribution in [3.8, 4) is 0 Å². The topological polar surface area (TPSA) is 38.7 Å². The maximum atomic E-state index is 11.6. The zero-order chi connectivity index (χ0) is 28.8. The number of fused-ring (bicyclic) bond motifs is 2. The van der Waals surface area contributed by atoms with E-state index in [1.165, 1.54) is 79.0 Å². The maximum Gasteiger partial charge on any atom is 0.302 e. The van der Waals surface area contributed by atoms with Crippen LogP contribution in [0.5, 0.6) is 0 Å². The first-order chi connectivity index (χ1) is 19.9. The molecule has 3 heteroatoms. The van der Waals surface area contributed by atoms with Gasteiger partial charge in [0.15, 0.2) is 0 Å². The van der Waals surface area contributed by atoms with Gasteiger partial charge in [-0.05, 0) is 142 Å². The molecule has 0 bridgehead atoms. The highest BCUT2D eigenvalue weighted by molar-refractivity contribution is 5.85. The number of hydrogen-bond acceptors (Lipinski definition) is 3. The number of carbonyl (C=O) groups is 1. The average Bonchev–Trinajstić information content (AvgIpc) is 3.31. The lowest BCUT2D eigenvalue weighted by Crippen LogP contribution is -2.20. The predicted octanol–water partition coefficient (Wildman–Crippen LogP) is 9.35. The van der Waals surface area contributed by atoms with Crippen molar-refractivity contribution in [3.05, 3.63) is 92.7 Å². The van der Waals surface area contributed by atoms with Gasteiger partial charge in [-0.25, -0.2) is 0 Å². The molecule has 2 aromatic carbocycles. The predicted molar refractivity (Wildman–Crippen MR) is 171 cm³/mol. The fourth-order valence-corrected chi connectivity index (χ4v) is 7.51. The van der Waals surface area contributed by atoms with Gasteiger partial charge in [0.05, 0.1) is 0 Å². The first-order valence-electron chi connectivity index (χ1n) is 16.2. The molecular weight excluding hydrogens is 502 g/mol. The minimum Gasteiger partial charge on any atom is -0.462 e. The molecule has 0 amide bonds. The van der Waals surface area contributed by atoms with Crippen LogP contribution >= 0.6 is 0 Å². The number of allylic oxidation sites excluding steroid dienone is 3. The Labute approximate surface area is 248 Å². The summed E-state index contributed by atoms with van der Waals surface area (Å²) in [4.78, 5) is 16.6. The van der Waals surface area contributed by atoms with Gasteiger partial charge in [-0.3, -0.25) is 9.79 Å². The van der Waals surface area contributed by atoms with E-state index in [9.17, 15) is 4.79 Å². The summed E-state index contributed by atoms with van der Waals surface area (Å²) in [6.45, 7) is 8.32. The summed E-state index contributed by atoms with van der Waals surface area (Å²) in [5, 5.41) is 0. The number of rotatable bonds is 10. The number of nitrogens with zero attached hydrogens (tertiary/aromatic N) is 1. The van der Waals surface area contributed by atoms with Crippen LogP contribution in [-0.2, 0) is 41.6 Å². The number of carbonyl (C=O) groups excluding carboxylic acids is 1. The van der Waals surface area contributed by atoms with E-state index >= 15 is 0 Å². The second-order valence-electron chi connectivity index (χ2n) is 12.6. The monoisotopic (exact) mass is 551 g/mol. The van der Waals surface area contributed by atoms with Crippen LogP contribution in [0.4, 0.5) is 0 Å². The van der Waals surface area contributed by atoms with Gasteiger partial charge in [-0.15, -0.1) is 0 Å². The first-order valence-corrected chi connectivity index (χ1v) is 16.2. The number of aryl methyl sites for hydroxylation is 3. The molecule has 0 N–H and O–H groups in total. The van der Waals surface area contributed by atoms with E-state index in [1.54, 1.807) is 22.3 Å². The molecule has 41 heavy (non-hydrogen) atoms. The number of esters is 1. The number of aliphatic imine (C=N–C) groups is 1. The smallest absolute Gasteiger partial charge is 0.302 e.